The van der Waals surface area contributed by atoms with Crippen molar-refractivity contribution in [2.24, 2.45) is 0 Å². The Morgan fingerprint density at radius 3 is 2.56 bits per heavy atom. The molecule has 1 aliphatic rings. The number of nitrogens with one attached hydrogen (secondary N) is 2. The molecule has 1 fully saturated rings. The van der Waals surface area contributed by atoms with Gasteiger partial charge in [0, 0.05) is 30.3 Å². The van der Waals surface area contributed by atoms with Gasteiger partial charge in [-0.1, -0.05) is 37.0 Å². The third-order valence-corrected chi connectivity index (χ3v) is 5.31. The van der Waals surface area contributed by atoms with Crippen molar-refractivity contribution >= 4 is 29.0 Å². The maximum absolute atomic E-state index is 6.43. The molecular weight excluding hydrogens is 383 g/mol. The third kappa shape index (κ3) is 4.54. The second kappa shape index (κ2) is 9.20. The van der Waals surface area contributed by atoms with E-state index in [0.717, 1.165) is 54.4 Å². The van der Waals surface area contributed by atoms with Crippen LogP contribution < -0.4 is 10.6 Å². The molecule has 1 aromatic carbocycles. The van der Waals surface area contributed by atoms with Gasteiger partial charge >= 0.3 is 0 Å². The molecule has 2 N–H and O–H groups in total. The van der Waals surface area contributed by atoms with Crippen LogP contribution in [0.3, 0.4) is 0 Å². The molecule has 0 amide bonds. The summed E-state index contributed by atoms with van der Waals surface area (Å²) in [6.45, 7) is 8.58. The molecule has 0 aliphatic carbocycles. The van der Waals surface area contributed by atoms with Gasteiger partial charge in [0.05, 0.1) is 34.3 Å². The number of aromatic nitrogens is 2. The van der Waals surface area contributed by atoms with Gasteiger partial charge in [-0.25, -0.2) is 9.97 Å². The predicted molar refractivity (Wildman–Crippen MR) is 112 cm³/mol. The average molecular weight is 409 g/mol. The van der Waals surface area contributed by atoms with Crippen LogP contribution in [-0.2, 0) is 17.6 Å². The zero-order valence-corrected chi connectivity index (χ0v) is 17.5. The molecule has 2 heterocycles. The predicted octanol–water partition coefficient (Wildman–Crippen LogP) is 4.36. The Morgan fingerprint density at radius 2 is 1.89 bits per heavy atom. The molecule has 2 atom stereocenters. The van der Waals surface area contributed by atoms with Crippen molar-refractivity contribution in [2.75, 3.05) is 25.0 Å². The van der Waals surface area contributed by atoms with Crippen LogP contribution in [0, 0.1) is 0 Å². The zero-order chi connectivity index (χ0) is 19.4. The summed E-state index contributed by atoms with van der Waals surface area (Å²) in [6, 6.07) is 5.67. The van der Waals surface area contributed by atoms with Gasteiger partial charge in [-0.15, -0.1) is 0 Å². The quantitative estimate of drug-likeness (QED) is 0.712. The fraction of sp³-hybridized carbons (Fsp3) is 0.500. The highest BCUT2D eigenvalue weighted by molar-refractivity contribution is 6.36. The lowest BCUT2D eigenvalue weighted by Crippen LogP contribution is -2.35. The maximum atomic E-state index is 6.43. The van der Waals surface area contributed by atoms with Crippen molar-refractivity contribution in [3.63, 3.8) is 0 Å². The summed E-state index contributed by atoms with van der Waals surface area (Å²) in [7, 11) is 0. The highest BCUT2D eigenvalue weighted by Gasteiger charge is 2.28. The van der Waals surface area contributed by atoms with E-state index in [1.54, 1.807) is 6.07 Å². The normalized spacial score (nSPS) is 19.4. The Balaban J connectivity index is 1.97. The van der Waals surface area contributed by atoms with Crippen molar-refractivity contribution in [3.8, 4) is 11.3 Å². The summed E-state index contributed by atoms with van der Waals surface area (Å²) in [5.74, 6) is 0.835. The first-order valence-corrected chi connectivity index (χ1v) is 10.3. The topological polar surface area (TPSA) is 59.1 Å². The van der Waals surface area contributed by atoms with Gasteiger partial charge in [0.15, 0.2) is 0 Å². The minimum atomic E-state index is 0.136. The molecule has 0 unspecified atom stereocenters. The summed E-state index contributed by atoms with van der Waals surface area (Å²) >= 11 is 12.5. The molecule has 0 spiro atoms. The first-order chi connectivity index (χ1) is 13.1. The molecule has 3 rings (SSSR count). The van der Waals surface area contributed by atoms with Crippen LogP contribution in [0.1, 0.15) is 32.2 Å². The minimum absolute atomic E-state index is 0.136. The number of halogens is 2. The van der Waals surface area contributed by atoms with Crippen LogP contribution >= 0.6 is 23.2 Å². The molecule has 27 heavy (non-hydrogen) atoms. The molecule has 146 valence electrons. The minimum Gasteiger partial charge on any atom is -0.375 e. The highest BCUT2D eigenvalue weighted by Crippen LogP contribution is 2.32. The summed E-state index contributed by atoms with van der Waals surface area (Å²) in [6.07, 6.45) is 1.67. The monoisotopic (exact) mass is 408 g/mol. The number of aryl methyl sites for hydroxylation is 2. The highest BCUT2D eigenvalue weighted by atomic mass is 35.5. The average Bonchev–Trinajstić information content (AvgIpc) is 3.09. The smallest absolute Gasteiger partial charge is 0.148 e. The zero-order valence-electron chi connectivity index (χ0n) is 16.0. The molecule has 1 saturated heterocycles. The van der Waals surface area contributed by atoms with Gasteiger partial charge in [-0.05, 0) is 38.0 Å². The Kier molecular flexibility index (Phi) is 6.93. The van der Waals surface area contributed by atoms with Gasteiger partial charge in [0.25, 0.3) is 0 Å². The van der Waals surface area contributed by atoms with Crippen LogP contribution in [0.5, 0.6) is 0 Å². The van der Waals surface area contributed by atoms with Crippen molar-refractivity contribution in [2.45, 2.75) is 45.8 Å². The van der Waals surface area contributed by atoms with Crippen molar-refractivity contribution < 1.29 is 4.74 Å². The summed E-state index contributed by atoms with van der Waals surface area (Å²) < 4.78 is 5.83. The molecule has 0 saturated carbocycles. The van der Waals surface area contributed by atoms with Gasteiger partial charge in [0.1, 0.15) is 5.82 Å². The summed E-state index contributed by atoms with van der Waals surface area (Å²) in [5.41, 5.74) is 3.53. The molecule has 0 bridgehead atoms. The van der Waals surface area contributed by atoms with Crippen LogP contribution in [-0.4, -0.2) is 41.8 Å². The van der Waals surface area contributed by atoms with Crippen molar-refractivity contribution in [3.05, 3.63) is 39.6 Å². The molecule has 1 aliphatic heterocycles. The molecular formula is C20H26Cl2N4O. The molecule has 0 radical (unpaired) electrons. The van der Waals surface area contributed by atoms with Crippen LogP contribution in [0.25, 0.3) is 11.3 Å². The van der Waals surface area contributed by atoms with E-state index in [1.165, 1.54) is 0 Å². The van der Waals surface area contributed by atoms with E-state index in [2.05, 4.69) is 24.5 Å². The van der Waals surface area contributed by atoms with E-state index in [9.17, 15) is 0 Å². The van der Waals surface area contributed by atoms with Gasteiger partial charge in [0.2, 0.25) is 0 Å². The Hall–Kier alpha value is -1.40. The molecule has 5 nitrogen and oxygen atoms in total. The van der Waals surface area contributed by atoms with Gasteiger partial charge in [-0.2, -0.15) is 0 Å². The standard InChI is InChI=1S/C20H26Cl2N4O/c1-4-15-19(13-8-7-12(21)9-14(13)22)24-16(5-2)20(25-15)26-17-10-23-11-18(17)27-6-3/h7-9,17-18,23H,4-6,10-11H2,1-3H3,(H,25,26)/t17-,18+/m1/s1. The number of hydrogen-bond acceptors (Lipinski definition) is 5. The second-order valence-electron chi connectivity index (χ2n) is 6.55. The summed E-state index contributed by atoms with van der Waals surface area (Å²) in [4.78, 5) is 9.83. The fourth-order valence-corrected chi connectivity index (χ4v) is 3.87. The molecule has 2 aromatic rings. The number of anilines is 1. The van der Waals surface area contributed by atoms with Gasteiger partial charge < -0.3 is 15.4 Å². The molecule has 7 heteroatoms. The van der Waals surface area contributed by atoms with E-state index in [-0.39, 0.29) is 12.1 Å². The number of hydrogen-bond donors (Lipinski definition) is 2. The lowest BCUT2D eigenvalue weighted by Gasteiger charge is -2.22. The molecule has 1 aromatic heterocycles. The number of benzene rings is 1. The van der Waals surface area contributed by atoms with E-state index in [0.29, 0.717) is 16.7 Å². The maximum Gasteiger partial charge on any atom is 0.148 e. The lowest BCUT2D eigenvalue weighted by atomic mass is 10.1. The van der Waals surface area contributed by atoms with Crippen molar-refractivity contribution in [1.29, 1.82) is 0 Å². The van der Waals surface area contributed by atoms with Crippen molar-refractivity contribution in [1.82, 2.24) is 15.3 Å². The first kappa shape index (κ1) is 20.3. The fourth-order valence-electron chi connectivity index (χ4n) is 3.37. The first-order valence-electron chi connectivity index (χ1n) is 9.51. The van der Waals surface area contributed by atoms with Crippen LogP contribution in [0.2, 0.25) is 10.0 Å². The SMILES string of the molecule is CCO[C@H]1CNC[C@H]1Nc1nc(CC)c(-c2ccc(Cl)cc2Cl)nc1CC. The van der Waals surface area contributed by atoms with E-state index in [4.69, 9.17) is 37.9 Å². The Labute approximate surface area is 170 Å². The van der Waals surface area contributed by atoms with Crippen LogP contribution in [0.15, 0.2) is 18.2 Å². The van der Waals surface area contributed by atoms with Crippen LogP contribution in [0.4, 0.5) is 5.82 Å². The number of rotatable bonds is 7. The van der Waals surface area contributed by atoms with Gasteiger partial charge in [-0.3, -0.25) is 0 Å². The van der Waals surface area contributed by atoms with E-state index < -0.39 is 0 Å². The summed E-state index contributed by atoms with van der Waals surface area (Å²) in [5, 5.41) is 8.13. The Morgan fingerprint density at radius 1 is 1.11 bits per heavy atom. The Bertz CT molecular complexity index is 800. The third-order valence-electron chi connectivity index (χ3n) is 4.76. The van der Waals surface area contributed by atoms with E-state index in [1.807, 2.05) is 19.1 Å². The largest absolute Gasteiger partial charge is 0.375 e. The number of ether oxygens (including phenoxy) is 1. The second-order valence-corrected chi connectivity index (χ2v) is 7.39. The number of nitrogens with zero attached hydrogens (tertiary/aromatic N) is 2. The van der Waals surface area contributed by atoms with E-state index >= 15 is 0 Å². The lowest BCUT2D eigenvalue weighted by molar-refractivity contribution is 0.0709.